The second-order valence-electron chi connectivity index (χ2n) is 6.27. The predicted molar refractivity (Wildman–Crippen MR) is 94.7 cm³/mol. The van der Waals surface area contributed by atoms with Crippen molar-refractivity contribution in [3.05, 3.63) is 65.7 Å². The van der Waals surface area contributed by atoms with Crippen LogP contribution in [0.5, 0.6) is 0 Å². The van der Waals surface area contributed by atoms with Gasteiger partial charge in [-0.15, -0.1) is 0 Å². The van der Waals surface area contributed by atoms with E-state index in [4.69, 9.17) is 9.47 Å². The summed E-state index contributed by atoms with van der Waals surface area (Å²) >= 11 is 0. The van der Waals surface area contributed by atoms with E-state index in [-0.39, 0.29) is 11.9 Å². The number of nitrogens with zero attached hydrogens (tertiary/aromatic N) is 1. The number of carbonyl (C=O) groups excluding carboxylic acids is 1. The Kier molecular flexibility index (Phi) is 5.28. The average Bonchev–Trinajstić information content (AvgIpc) is 3.43. The lowest BCUT2D eigenvalue weighted by Crippen LogP contribution is -2.28. The number of ether oxygens (including phenoxy) is 2. The van der Waals surface area contributed by atoms with Crippen molar-refractivity contribution >= 4 is 11.5 Å². The van der Waals surface area contributed by atoms with Gasteiger partial charge in [-0.3, -0.25) is 4.79 Å². The molecule has 3 rings (SSSR count). The molecule has 0 aliphatic carbocycles. The number of Topliss-reactive ketones (excluding diaryl/α,β-unsaturated/α-hetero) is 1. The molecule has 1 aliphatic rings. The van der Waals surface area contributed by atoms with Crippen LogP contribution in [0.2, 0.25) is 0 Å². The molecule has 2 atom stereocenters. The molecule has 0 amide bonds. The van der Waals surface area contributed by atoms with Crippen molar-refractivity contribution in [2.75, 3.05) is 32.2 Å². The van der Waals surface area contributed by atoms with E-state index in [0.717, 1.165) is 17.9 Å². The minimum absolute atomic E-state index is 0.0212. The highest BCUT2D eigenvalue weighted by Gasteiger charge is 2.27. The van der Waals surface area contributed by atoms with Gasteiger partial charge in [-0.05, 0) is 17.7 Å². The third-order valence-corrected chi connectivity index (χ3v) is 4.11. The number of epoxide rings is 1. The fraction of sp³-hybridized carbons (Fsp3) is 0.350. The summed E-state index contributed by atoms with van der Waals surface area (Å²) in [6.07, 6.45) is 0.225. The van der Waals surface area contributed by atoms with Crippen molar-refractivity contribution in [1.29, 1.82) is 0 Å². The second kappa shape index (κ2) is 7.60. The van der Waals surface area contributed by atoms with Gasteiger partial charge in [-0.1, -0.05) is 42.5 Å². The van der Waals surface area contributed by atoms with Gasteiger partial charge >= 0.3 is 0 Å². The maximum atomic E-state index is 12.8. The lowest BCUT2D eigenvalue weighted by Gasteiger charge is -2.18. The minimum Gasteiger partial charge on any atom is -0.378 e. The van der Waals surface area contributed by atoms with Crippen LogP contribution in [0.3, 0.4) is 0 Å². The maximum absolute atomic E-state index is 12.8. The lowest BCUT2D eigenvalue weighted by atomic mass is 9.99. The second-order valence-corrected chi connectivity index (χ2v) is 6.27. The highest BCUT2D eigenvalue weighted by molar-refractivity contribution is 5.99. The lowest BCUT2D eigenvalue weighted by molar-refractivity contribution is 0.0356. The Bertz CT molecular complexity index is 663. The zero-order valence-electron chi connectivity index (χ0n) is 14.1. The molecule has 2 aromatic carbocycles. The molecule has 0 saturated carbocycles. The van der Waals surface area contributed by atoms with E-state index in [1.807, 2.05) is 44.4 Å². The van der Waals surface area contributed by atoms with Crippen LogP contribution in [0, 0.1) is 0 Å². The number of rotatable bonds is 8. The molecule has 4 heteroatoms. The Morgan fingerprint density at radius 1 is 1.17 bits per heavy atom. The summed E-state index contributed by atoms with van der Waals surface area (Å²) in [7, 11) is 4.02. The highest BCUT2D eigenvalue weighted by Crippen LogP contribution is 2.18. The number of benzene rings is 2. The normalized spacial score (nSPS) is 17.3. The van der Waals surface area contributed by atoms with Gasteiger partial charge in [0.25, 0.3) is 0 Å². The van der Waals surface area contributed by atoms with Gasteiger partial charge in [0.15, 0.2) is 5.78 Å². The van der Waals surface area contributed by atoms with Crippen LogP contribution in [0.1, 0.15) is 15.9 Å². The number of carbonyl (C=O) groups is 1. The molecule has 126 valence electrons. The predicted octanol–water partition coefficient (Wildman–Crippen LogP) is 2.96. The number of ketones is 1. The molecule has 0 radical (unpaired) electrons. The van der Waals surface area contributed by atoms with Crippen molar-refractivity contribution in [3.63, 3.8) is 0 Å². The first kappa shape index (κ1) is 16.7. The Morgan fingerprint density at radius 3 is 2.42 bits per heavy atom. The van der Waals surface area contributed by atoms with Crippen molar-refractivity contribution in [2.45, 2.75) is 18.6 Å². The molecule has 1 heterocycles. The molecule has 2 unspecified atom stereocenters. The summed E-state index contributed by atoms with van der Waals surface area (Å²) in [4.78, 5) is 14.8. The number of hydrogen-bond acceptors (Lipinski definition) is 4. The molecule has 1 fully saturated rings. The summed E-state index contributed by atoms with van der Waals surface area (Å²) in [5.74, 6) is 0.0212. The first-order chi connectivity index (χ1) is 11.6. The Morgan fingerprint density at radius 2 is 1.83 bits per heavy atom. The fourth-order valence-corrected chi connectivity index (χ4v) is 2.55. The monoisotopic (exact) mass is 325 g/mol. The SMILES string of the molecule is CN(C)c1ccc(CC(OCC2CO2)C(=O)c2ccccc2)cc1. The van der Waals surface area contributed by atoms with E-state index < -0.39 is 6.10 Å². The molecular weight excluding hydrogens is 302 g/mol. The van der Waals surface area contributed by atoms with Gasteiger partial charge in [0.05, 0.1) is 13.2 Å². The minimum atomic E-state index is -0.484. The van der Waals surface area contributed by atoms with Crippen LogP contribution in [-0.4, -0.2) is 45.3 Å². The van der Waals surface area contributed by atoms with Gasteiger partial charge < -0.3 is 14.4 Å². The average molecular weight is 325 g/mol. The summed E-state index contributed by atoms with van der Waals surface area (Å²) in [5, 5.41) is 0. The highest BCUT2D eigenvalue weighted by atomic mass is 16.6. The van der Waals surface area contributed by atoms with Crippen molar-refractivity contribution < 1.29 is 14.3 Å². The van der Waals surface area contributed by atoms with Gasteiger partial charge in [-0.25, -0.2) is 0 Å². The van der Waals surface area contributed by atoms with E-state index in [1.54, 1.807) is 0 Å². The molecule has 4 nitrogen and oxygen atoms in total. The Balaban J connectivity index is 1.72. The van der Waals surface area contributed by atoms with Gasteiger partial charge in [-0.2, -0.15) is 0 Å². The maximum Gasteiger partial charge on any atom is 0.191 e. The number of hydrogen-bond donors (Lipinski definition) is 0. The van der Waals surface area contributed by atoms with Gasteiger partial charge in [0.1, 0.15) is 12.2 Å². The van der Waals surface area contributed by atoms with Crippen LogP contribution in [-0.2, 0) is 15.9 Å². The summed E-state index contributed by atoms with van der Waals surface area (Å²) in [6, 6.07) is 17.6. The molecule has 0 aromatic heterocycles. The van der Waals surface area contributed by atoms with E-state index in [2.05, 4.69) is 29.2 Å². The zero-order valence-corrected chi connectivity index (χ0v) is 14.1. The molecule has 1 aliphatic heterocycles. The van der Waals surface area contributed by atoms with Crippen LogP contribution >= 0.6 is 0 Å². The van der Waals surface area contributed by atoms with Gasteiger partial charge in [0, 0.05) is 31.8 Å². The standard InChI is InChI=1S/C20H23NO3/c1-21(2)17-10-8-15(9-11-17)12-19(24-14-18-13-23-18)20(22)16-6-4-3-5-7-16/h3-11,18-19H,12-14H2,1-2H3. The Hall–Kier alpha value is -2.17. The molecular formula is C20H23NO3. The third kappa shape index (κ3) is 4.43. The number of anilines is 1. The van der Waals surface area contributed by atoms with E-state index in [9.17, 15) is 4.79 Å². The molecule has 1 saturated heterocycles. The summed E-state index contributed by atoms with van der Waals surface area (Å²) < 4.78 is 11.1. The van der Waals surface area contributed by atoms with E-state index in [1.165, 1.54) is 0 Å². The molecule has 0 spiro atoms. The van der Waals surface area contributed by atoms with Crippen molar-refractivity contribution in [3.8, 4) is 0 Å². The van der Waals surface area contributed by atoms with Crippen LogP contribution in [0.15, 0.2) is 54.6 Å². The smallest absolute Gasteiger partial charge is 0.191 e. The van der Waals surface area contributed by atoms with Gasteiger partial charge in [0.2, 0.25) is 0 Å². The van der Waals surface area contributed by atoms with Crippen LogP contribution < -0.4 is 4.90 Å². The van der Waals surface area contributed by atoms with Crippen molar-refractivity contribution in [2.24, 2.45) is 0 Å². The van der Waals surface area contributed by atoms with E-state index in [0.29, 0.717) is 18.6 Å². The quantitative estimate of drug-likeness (QED) is 0.553. The molecule has 0 bridgehead atoms. The van der Waals surface area contributed by atoms with Crippen LogP contribution in [0.25, 0.3) is 0 Å². The van der Waals surface area contributed by atoms with Crippen molar-refractivity contribution in [1.82, 2.24) is 0 Å². The zero-order chi connectivity index (χ0) is 16.9. The third-order valence-electron chi connectivity index (χ3n) is 4.11. The first-order valence-corrected chi connectivity index (χ1v) is 8.22. The molecule has 24 heavy (non-hydrogen) atoms. The summed E-state index contributed by atoms with van der Waals surface area (Å²) in [6.45, 7) is 1.20. The molecule has 2 aromatic rings. The molecule has 0 N–H and O–H groups in total. The van der Waals surface area contributed by atoms with Crippen LogP contribution in [0.4, 0.5) is 5.69 Å². The first-order valence-electron chi connectivity index (χ1n) is 8.22. The topological polar surface area (TPSA) is 42.1 Å². The largest absolute Gasteiger partial charge is 0.378 e. The summed E-state index contributed by atoms with van der Waals surface area (Å²) in [5.41, 5.74) is 2.91. The fourth-order valence-electron chi connectivity index (χ4n) is 2.55. The van der Waals surface area contributed by atoms with E-state index >= 15 is 0 Å². The Labute approximate surface area is 143 Å².